The van der Waals surface area contributed by atoms with Gasteiger partial charge in [0.25, 0.3) is 0 Å². The van der Waals surface area contributed by atoms with Crippen molar-refractivity contribution >= 4 is 5.82 Å². The molecule has 2 rings (SSSR count). The summed E-state index contributed by atoms with van der Waals surface area (Å²) in [4.78, 5) is 8.82. The zero-order valence-corrected chi connectivity index (χ0v) is 10.6. The predicted octanol–water partition coefficient (Wildman–Crippen LogP) is 1.58. The first-order valence-corrected chi connectivity index (χ1v) is 5.93. The highest BCUT2D eigenvalue weighted by Crippen LogP contribution is 2.26. The standard InChI is InChI=1S/C12H19N3O2/c1-7(2)10-8(3)14-12(15-11(10)13)9-6-16-4-5-17-9/h7,9H,4-6H2,1-3H3,(H2,13,14,15). The number of rotatable bonds is 2. The number of nitrogens with zero attached hydrogens (tertiary/aromatic N) is 2. The minimum atomic E-state index is -0.189. The Morgan fingerprint density at radius 3 is 2.59 bits per heavy atom. The van der Waals surface area contributed by atoms with E-state index in [1.807, 2.05) is 6.92 Å². The molecule has 5 heteroatoms. The summed E-state index contributed by atoms with van der Waals surface area (Å²) >= 11 is 0. The van der Waals surface area contributed by atoms with Crippen LogP contribution >= 0.6 is 0 Å². The average molecular weight is 237 g/mol. The number of nitrogens with two attached hydrogens (primary N) is 1. The topological polar surface area (TPSA) is 70.3 Å². The lowest BCUT2D eigenvalue weighted by atomic mass is 10.0. The third kappa shape index (κ3) is 2.56. The zero-order valence-electron chi connectivity index (χ0n) is 10.6. The van der Waals surface area contributed by atoms with Gasteiger partial charge in [-0.25, -0.2) is 9.97 Å². The van der Waals surface area contributed by atoms with Gasteiger partial charge in [-0.05, 0) is 12.8 Å². The fraction of sp³-hybridized carbons (Fsp3) is 0.667. The van der Waals surface area contributed by atoms with Crippen molar-refractivity contribution in [2.75, 3.05) is 25.6 Å². The summed E-state index contributed by atoms with van der Waals surface area (Å²) in [5, 5.41) is 0. The van der Waals surface area contributed by atoms with E-state index < -0.39 is 0 Å². The first-order chi connectivity index (χ1) is 8.09. The van der Waals surface area contributed by atoms with Gasteiger partial charge < -0.3 is 15.2 Å². The van der Waals surface area contributed by atoms with Gasteiger partial charge in [0.05, 0.1) is 19.8 Å². The van der Waals surface area contributed by atoms with Crippen molar-refractivity contribution in [2.45, 2.75) is 32.8 Å². The van der Waals surface area contributed by atoms with E-state index >= 15 is 0 Å². The van der Waals surface area contributed by atoms with E-state index in [9.17, 15) is 0 Å². The van der Waals surface area contributed by atoms with Crippen LogP contribution in [0.5, 0.6) is 0 Å². The first kappa shape index (κ1) is 12.3. The molecule has 5 nitrogen and oxygen atoms in total. The molecule has 1 saturated heterocycles. The first-order valence-electron chi connectivity index (χ1n) is 5.93. The molecule has 0 radical (unpaired) electrons. The molecular weight excluding hydrogens is 218 g/mol. The molecule has 1 aromatic rings. The van der Waals surface area contributed by atoms with Crippen LogP contribution in [0.2, 0.25) is 0 Å². The van der Waals surface area contributed by atoms with Gasteiger partial charge in [0, 0.05) is 11.3 Å². The number of aromatic nitrogens is 2. The summed E-state index contributed by atoms with van der Waals surface area (Å²) in [6.07, 6.45) is -0.189. The number of nitrogen functional groups attached to an aromatic ring is 1. The normalized spacial score (nSPS) is 20.8. The summed E-state index contributed by atoms with van der Waals surface area (Å²) in [6.45, 7) is 7.85. The van der Waals surface area contributed by atoms with Crippen molar-refractivity contribution in [1.82, 2.24) is 9.97 Å². The van der Waals surface area contributed by atoms with Gasteiger partial charge >= 0.3 is 0 Å². The average Bonchev–Trinajstić information content (AvgIpc) is 2.28. The minimum Gasteiger partial charge on any atom is -0.383 e. The SMILES string of the molecule is Cc1nc(C2COCCO2)nc(N)c1C(C)C. The largest absolute Gasteiger partial charge is 0.383 e. The lowest BCUT2D eigenvalue weighted by Gasteiger charge is -2.23. The van der Waals surface area contributed by atoms with Crippen molar-refractivity contribution in [3.8, 4) is 0 Å². The Bertz CT molecular complexity index is 378. The third-order valence-electron chi connectivity index (χ3n) is 2.86. The minimum absolute atomic E-state index is 0.189. The third-order valence-corrected chi connectivity index (χ3v) is 2.86. The quantitative estimate of drug-likeness (QED) is 0.845. The van der Waals surface area contributed by atoms with Crippen molar-refractivity contribution in [2.24, 2.45) is 0 Å². The highest BCUT2D eigenvalue weighted by Gasteiger charge is 2.22. The Morgan fingerprint density at radius 1 is 1.29 bits per heavy atom. The lowest BCUT2D eigenvalue weighted by molar-refractivity contribution is -0.0935. The van der Waals surface area contributed by atoms with E-state index in [-0.39, 0.29) is 6.10 Å². The van der Waals surface area contributed by atoms with Crippen LogP contribution in [0.25, 0.3) is 0 Å². The van der Waals surface area contributed by atoms with Gasteiger partial charge in [-0.15, -0.1) is 0 Å². The Hall–Kier alpha value is -1.20. The fourth-order valence-corrected chi connectivity index (χ4v) is 2.12. The molecule has 94 valence electrons. The molecule has 1 aliphatic rings. The van der Waals surface area contributed by atoms with E-state index in [1.165, 1.54) is 0 Å². The maximum atomic E-state index is 5.98. The fourth-order valence-electron chi connectivity index (χ4n) is 2.12. The van der Waals surface area contributed by atoms with Crippen LogP contribution in [0.4, 0.5) is 5.82 Å². The summed E-state index contributed by atoms with van der Waals surface area (Å²) in [5.74, 6) is 1.51. The highest BCUT2D eigenvalue weighted by molar-refractivity contribution is 5.44. The molecule has 1 unspecified atom stereocenters. The molecule has 0 aromatic carbocycles. The molecule has 0 amide bonds. The van der Waals surface area contributed by atoms with E-state index in [4.69, 9.17) is 15.2 Å². The second-order valence-electron chi connectivity index (χ2n) is 4.56. The number of ether oxygens (including phenoxy) is 2. The molecular formula is C12H19N3O2. The van der Waals surface area contributed by atoms with E-state index in [1.54, 1.807) is 0 Å². The molecule has 2 heterocycles. The van der Waals surface area contributed by atoms with Crippen LogP contribution in [0.15, 0.2) is 0 Å². The summed E-state index contributed by atoms with van der Waals surface area (Å²) in [5.41, 5.74) is 7.93. The van der Waals surface area contributed by atoms with E-state index in [0.717, 1.165) is 11.3 Å². The molecule has 2 N–H and O–H groups in total. The number of hydrogen-bond donors (Lipinski definition) is 1. The maximum Gasteiger partial charge on any atom is 0.162 e. The van der Waals surface area contributed by atoms with Crippen molar-refractivity contribution in [1.29, 1.82) is 0 Å². The van der Waals surface area contributed by atoms with Gasteiger partial charge in [0.1, 0.15) is 11.9 Å². The summed E-state index contributed by atoms with van der Waals surface area (Å²) in [6, 6.07) is 0. The number of anilines is 1. The van der Waals surface area contributed by atoms with Crippen LogP contribution in [-0.2, 0) is 9.47 Å². The van der Waals surface area contributed by atoms with Crippen LogP contribution < -0.4 is 5.73 Å². The molecule has 17 heavy (non-hydrogen) atoms. The van der Waals surface area contributed by atoms with Crippen LogP contribution in [0, 0.1) is 6.92 Å². The van der Waals surface area contributed by atoms with Crippen LogP contribution in [0.1, 0.15) is 43.0 Å². The van der Waals surface area contributed by atoms with Gasteiger partial charge in [-0.3, -0.25) is 0 Å². The summed E-state index contributed by atoms with van der Waals surface area (Å²) in [7, 11) is 0. The Kier molecular flexibility index (Phi) is 3.59. The van der Waals surface area contributed by atoms with Crippen LogP contribution in [0.3, 0.4) is 0 Å². The van der Waals surface area contributed by atoms with Crippen molar-refractivity contribution in [3.63, 3.8) is 0 Å². The van der Waals surface area contributed by atoms with E-state index in [2.05, 4.69) is 23.8 Å². The molecule has 1 aliphatic heterocycles. The second kappa shape index (κ2) is 4.98. The Balaban J connectivity index is 2.31. The molecule has 0 spiro atoms. The van der Waals surface area contributed by atoms with Gasteiger partial charge in [-0.1, -0.05) is 13.8 Å². The monoisotopic (exact) mass is 237 g/mol. The van der Waals surface area contributed by atoms with Crippen molar-refractivity contribution in [3.05, 3.63) is 17.1 Å². The van der Waals surface area contributed by atoms with E-state index in [0.29, 0.717) is 37.4 Å². The number of aryl methyl sites for hydroxylation is 1. The Labute approximate surface area is 101 Å². The summed E-state index contributed by atoms with van der Waals surface area (Å²) < 4.78 is 10.9. The lowest BCUT2D eigenvalue weighted by Crippen LogP contribution is -2.24. The van der Waals surface area contributed by atoms with Gasteiger partial charge in [0.2, 0.25) is 0 Å². The van der Waals surface area contributed by atoms with Gasteiger partial charge in [-0.2, -0.15) is 0 Å². The predicted molar refractivity (Wildman–Crippen MR) is 64.8 cm³/mol. The smallest absolute Gasteiger partial charge is 0.162 e. The second-order valence-corrected chi connectivity index (χ2v) is 4.56. The van der Waals surface area contributed by atoms with Crippen molar-refractivity contribution < 1.29 is 9.47 Å². The molecule has 0 saturated carbocycles. The zero-order chi connectivity index (χ0) is 12.4. The van der Waals surface area contributed by atoms with Gasteiger partial charge in [0.15, 0.2) is 5.82 Å². The van der Waals surface area contributed by atoms with Crippen LogP contribution in [-0.4, -0.2) is 29.8 Å². The molecule has 1 aromatic heterocycles. The molecule has 1 atom stereocenters. The maximum absolute atomic E-state index is 5.98. The molecule has 0 aliphatic carbocycles. The molecule has 0 bridgehead atoms. The number of hydrogen-bond acceptors (Lipinski definition) is 5. The molecule has 1 fully saturated rings. The highest BCUT2D eigenvalue weighted by atomic mass is 16.6. The Morgan fingerprint density at radius 2 is 2.06 bits per heavy atom.